The zero-order valence-electron chi connectivity index (χ0n) is 12.4. The molecule has 1 saturated carbocycles. The number of rotatable bonds is 3. The fraction of sp³-hybridized carbons (Fsp3) is 0.588. The van der Waals surface area contributed by atoms with Gasteiger partial charge in [0.15, 0.2) is 0 Å². The third-order valence-corrected chi connectivity index (χ3v) is 4.64. The molecule has 3 unspecified atom stereocenters. The number of fused-ring (bicyclic) bond motifs is 3. The zero-order chi connectivity index (χ0) is 14.1. The molecule has 3 heteroatoms. The van der Waals surface area contributed by atoms with Gasteiger partial charge in [-0.2, -0.15) is 0 Å². The van der Waals surface area contributed by atoms with E-state index in [9.17, 15) is 4.79 Å². The van der Waals surface area contributed by atoms with Gasteiger partial charge in [0.1, 0.15) is 6.04 Å². The molecule has 1 amide bonds. The standard InChI is InChI=1S/C17H24N2O/c1-11(2)10-18-17(20)16-14-8-5-7-12(14)13-6-3-4-9-15(13)19-16/h3-4,6,9,11-12,14,16,19H,5,7-8,10H2,1-2H3,(H,18,20). The minimum atomic E-state index is -0.0591. The molecule has 1 fully saturated rings. The summed E-state index contributed by atoms with van der Waals surface area (Å²) in [4.78, 5) is 12.5. The van der Waals surface area contributed by atoms with E-state index in [1.165, 1.54) is 18.4 Å². The second-order valence-corrected chi connectivity index (χ2v) is 6.55. The second-order valence-electron chi connectivity index (χ2n) is 6.55. The molecule has 108 valence electrons. The summed E-state index contributed by atoms with van der Waals surface area (Å²) in [6, 6.07) is 8.41. The second kappa shape index (κ2) is 5.47. The minimum Gasteiger partial charge on any atom is -0.373 e. The van der Waals surface area contributed by atoms with Gasteiger partial charge in [-0.1, -0.05) is 38.5 Å². The largest absolute Gasteiger partial charge is 0.373 e. The fourth-order valence-electron chi connectivity index (χ4n) is 3.67. The number of anilines is 1. The van der Waals surface area contributed by atoms with Gasteiger partial charge in [0, 0.05) is 12.2 Å². The topological polar surface area (TPSA) is 41.1 Å². The Bertz CT molecular complexity index is 498. The molecule has 0 aromatic heterocycles. The highest BCUT2D eigenvalue weighted by Crippen LogP contribution is 2.47. The minimum absolute atomic E-state index is 0.0591. The van der Waals surface area contributed by atoms with Crippen LogP contribution in [0.4, 0.5) is 5.69 Å². The smallest absolute Gasteiger partial charge is 0.242 e. The summed E-state index contributed by atoms with van der Waals surface area (Å²) in [5, 5.41) is 6.57. The first-order valence-corrected chi connectivity index (χ1v) is 7.80. The maximum atomic E-state index is 12.5. The van der Waals surface area contributed by atoms with Crippen LogP contribution in [-0.4, -0.2) is 18.5 Å². The molecule has 3 nitrogen and oxygen atoms in total. The van der Waals surface area contributed by atoms with Crippen LogP contribution in [0.1, 0.15) is 44.6 Å². The van der Waals surface area contributed by atoms with Crippen LogP contribution in [0.3, 0.4) is 0 Å². The van der Waals surface area contributed by atoms with Gasteiger partial charge in [-0.05, 0) is 42.2 Å². The number of carbonyl (C=O) groups excluding carboxylic acids is 1. The Labute approximate surface area is 121 Å². The molecular formula is C17H24N2O. The summed E-state index contributed by atoms with van der Waals surface area (Å²) in [6.45, 7) is 5.01. The van der Waals surface area contributed by atoms with E-state index < -0.39 is 0 Å². The van der Waals surface area contributed by atoms with E-state index in [1.54, 1.807) is 0 Å². The Hall–Kier alpha value is -1.51. The summed E-state index contributed by atoms with van der Waals surface area (Å²) >= 11 is 0. The van der Waals surface area contributed by atoms with Crippen LogP contribution < -0.4 is 10.6 Å². The average molecular weight is 272 g/mol. The first-order valence-electron chi connectivity index (χ1n) is 7.80. The molecule has 20 heavy (non-hydrogen) atoms. The molecule has 0 radical (unpaired) electrons. The monoisotopic (exact) mass is 272 g/mol. The Morgan fingerprint density at radius 2 is 2.15 bits per heavy atom. The summed E-state index contributed by atoms with van der Waals surface area (Å²) in [5.41, 5.74) is 2.56. The molecule has 1 aromatic carbocycles. The molecule has 1 heterocycles. The van der Waals surface area contributed by atoms with Crippen molar-refractivity contribution in [1.29, 1.82) is 0 Å². The van der Waals surface area contributed by atoms with Crippen LogP contribution in [0.2, 0.25) is 0 Å². The number of para-hydroxylation sites is 1. The van der Waals surface area contributed by atoms with Crippen molar-refractivity contribution < 1.29 is 4.79 Å². The summed E-state index contributed by atoms with van der Waals surface area (Å²) in [5.74, 6) is 1.68. The van der Waals surface area contributed by atoms with E-state index >= 15 is 0 Å². The number of amides is 1. The summed E-state index contributed by atoms with van der Waals surface area (Å²) < 4.78 is 0. The molecule has 0 spiro atoms. The summed E-state index contributed by atoms with van der Waals surface area (Å²) in [6.07, 6.45) is 3.61. The number of hydrogen-bond acceptors (Lipinski definition) is 2. The number of carbonyl (C=O) groups is 1. The van der Waals surface area contributed by atoms with Crippen molar-refractivity contribution in [3.05, 3.63) is 29.8 Å². The fourth-order valence-corrected chi connectivity index (χ4v) is 3.67. The number of benzene rings is 1. The lowest BCUT2D eigenvalue weighted by Gasteiger charge is -2.36. The molecule has 0 bridgehead atoms. The van der Waals surface area contributed by atoms with E-state index in [4.69, 9.17) is 0 Å². The summed E-state index contributed by atoms with van der Waals surface area (Å²) in [7, 11) is 0. The quantitative estimate of drug-likeness (QED) is 0.887. The van der Waals surface area contributed by atoms with Crippen molar-refractivity contribution >= 4 is 11.6 Å². The van der Waals surface area contributed by atoms with Gasteiger partial charge in [-0.15, -0.1) is 0 Å². The molecule has 3 rings (SSSR count). The third-order valence-electron chi connectivity index (χ3n) is 4.64. The molecule has 0 saturated heterocycles. The Balaban J connectivity index is 1.81. The van der Waals surface area contributed by atoms with Crippen molar-refractivity contribution in [2.45, 2.75) is 45.1 Å². The lowest BCUT2D eigenvalue weighted by molar-refractivity contribution is -0.123. The van der Waals surface area contributed by atoms with Crippen LogP contribution in [0.25, 0.3) is 0 Å². The van der Waals surface area contributed by atoms with Crippen molar-refractivity contribution in [2.24, 2.45) is 11.8 Å². The number of hydrogen-bond donors (Lipinski definition) is 2. The van der Waals surface area contributed by atoms with Gasteiger partial charge in [0.2, 0.25) is 5.91 Å². The van der Waals surface area contributed by atoms with Crippen molar-refractivity contribution in [3.8, 4) is 0 Å². The van der Waals surface area contributed by atoms with Crippen LogP contribution in [0, 0.1) is 11.8 Å². The third kappa shape index (κ3) is 2.41. The lowest BCUT2D eigenvalue weighted by Crippen LogP contribution is -2.48. The molecule has 1 aromatic rings. The molecular weight excluding hydrogens is 248 g/mol. The van der Waals surface area contributed by atoms with Crippen molar-refractivity contribution in [1.82, 2.24) is 5.32 Å². The van der Waals surface area contributed by atoms with Gasteiger partial charge < -0.3 is 10.6 Å². The van der Waals surface area contributed by atoms with Gasteiger partial charge in [-0.3, -0.25) is 4.79 Å². The normalized spacial score (nSPS) is 27.6. The molecule has 2 N–H and O–H groups in total. The predicted octanol–water partition coefficient (Wildman–Crippen LogP) is 3.14. The van der Waals surface area contributed by atoms with Gasteiger partial charge in [0.25, 0.3) is 0 Å². The Morgan fingerprint density at radius 1 is 1.35 bits per heavy atom. The first-order chi connectivity index (χ1) is 9.66. The van der Waals surface area contributed by atoms with Crippen LogP contribution in [0.5, 0.6) is 0 Å². The van der Waals surface area contributed by atoms with Gasteiger partial charge in [0.05, 0.1) is 0 Å². The first kappa shape index (κ1) is 13.5. The maximum absolute atomic E-state index is 12.5. The van der Waals surface area contributed by atoms with E-state index in [0.717, 1.165) is 18.7 Å². The van der Waals surface area contributed by atoms with E-state index in [2.05, 4.69) is 42.7 Å². The molecule has 3 atom stereocenters. The Morgan fingerprint density at radius 3 is 2.95 bits per heavy atom. The average Bonchev–Trinajstić information content (AvgIpc) is 2.93. The maximum Gasteiger partial charge on any atom is 0.242 e. The Kier molecular flexibility index (Phi) is 3.68. The number of nitrogens with one attached hydrogen (secondary N) is 2. The molecule has 2 aliphatic rings. The van der Waals surface area contributed by atoms with Crippen molar-refractivity contribution in [3.63, 3.8) is 0 Å². The van der Waals surface area contributed by atoms with Gasteiger partial charge in [-0.25, -0.2) is 0 Å². The van der Waals surface area contributed by atoms with E-state index in [1.807, 2.05) is 6.07 Å². The van der Waals surface area contributed by atoms with Crippen molar-refractivity contribution in [2.75, 3.05) is 11.9 Å². The van der Waals surface area contributed by atoms with Crippen LogP contribution >= 0.6 is 0 Å². The van der Waals surface area contributed by atoms with E-state index in [0.29, 0.717) is 17.8 Å². The van der Waals surface area contributed by atoms with Crippen LogP contribution in [-0.2, 0) is 4.79 Å². The predicted molar refractivity (Wildman–Crippen MR) is 81.8 cm³/mol. The molecule has 1 aliphatic carbocycles. The SMILES string of the molecule is CC(C)CNC(=O)C1Nc2ccccc2C2CCCC12. The highest BCUT2D eigenvalue weighted by molar-refractivity contribution is 5.86. The lowest BCUT2D eigenvalue weighted by atomic mass is 9.79. The van der Waals surface area contributed by atoms with Crippen LogP contribution in [0.15, 0.2) is 24.3 Å². The molecule has 1 aliphatic heterocycles. The highest BCUT2D eigenvalue weighted by Gasteiger charge is 2.42. The zero-order valence-corrected chi connectivity index (χ0v) is 12.4. The van der Waals surface area contributed by atoms with Gasteiger partial charge >= 0.3 is 0 Å². The highest BCUT2D eigenvalue weighted by atomic mass is 16.2. The van der Waals surface area contributed by atoms with E-state index in [-0.39, 0.29) is 11.9 Å².